The van der Waals surface area contributed by atoms with Crippen LogP contribution in [0.4, 0.5) is 0 Å². The van der Waals surface area contributed by atoms with Crippen molar-refractivity contribution in [2.45, 2.75) is 77.5 Å². The van der Waals surface area contributed by atoms with Crippen LogP contribution in [0.5, 0.6) is 5.75 Å². The molecule has 1 aliphatic rings. The third-order valence-corrected chi connectivity index (χ3v) is 11.9. The first kappa shape index (κ1) is 27.2. The Kier molecular flexibility index (Phi) is 8.29. The fourth-order valence-electron chi connectivity index (χ4n) is 4.12. The summed E-state index contributed by atoms with van der Waals surface area (Å²) in [7, 11) is -0.340. The molecule has 0 spiro atoms. The quantitative estimate of drug-likeness (QED) is 0.363. The topological polar surface area (TPSA) is 71.7 Å². The molecule has 1 fully saturated rings. The van der Waals surface area contributed by atoms with Crippen LogP contribution in [0.2, 0.25) is 18.1 Å². The highest BCUT2D eigenvalue weighted by Gasteiger charge is 2.41. The van der Waals surface area contributed by atoms with E-state index in [1.54, 1.807) is 24.8 Å². The van der Waals surface area contributed by atoms with E-state index >= 15 is 0 Å². The number of benzene rings is 1. The molecule has 1 aromatic heterocycles. The maximum absolute atomic E-state index is 13.5. The maximum atomic E-state index is 13.5. The second-order valence-electron chi connectivity index (χ2n) is 11.0. The van der Waals surface area contributed by atoms with Crippen molar-refractivity contribution in [2.75, 3.05) is 13.7 Å². The van der Waals surface area contributed by atoms with Crippen molar-refractivity contribution in [3.8, 4) is 5.75 Å². The van der Waals surface area contributed by atoms with Crippen LogP contribution in [0.15, 0.2) is 52.7 Å². The fraction of sp³-hybridized carbons (Fsp3) is 0.556. The zero-order valence-corrected chi connectivity index (χ0v) is 23.2. The van der Waals surface area contributed by atoms with Gasteiger partial charge in [-0.3, -0.25) is 13.9 Å². The molecule has 0 N–H and O–H groups in total. The summed E-state index contributed by atoms with van der Waals surface area (Å²) in [6.07, 6.45) is 4.37. The van der Waals surface area contributed by atoms with Crippen LogP contribution < -0.4 is 16.0 Å². The second kappa shape index (κ2) is 10.7. The van der Waals surface area contributed by atoms with E-state index in [0.29, 0.717) is 18.6 Å². The number of rotatable bonds is 9. The van der Waals surface area contributed by atoms with E-state index in [2.05, 4.69) is 40.4 Å². The first-order valence-electron chi connectivity index (χ1n) is 12.2. The lowest BCUT2D eigenvalue weighted by Gasteiger charge is -2.37. The van der Waals surface area contributed by atoms with Gasteiger partial charge in [0, 0.05) is 11.8 Å². The molecule has 0 saturated carbocycles. The first-order chi connectivity index (χ1) is 16.4. The molecule has 7 nitrogen and oxygen atoms in total. The molecule has 2 heterocycles. The minimum atomic E-state index is -1.94. The summed E-state index contributed by atoms with van der Waals surface area (Å²) in [5.41, 5.74) is 0.688. The van der Waals surface area contributed by atoms with Crippen molar-refractivity contribution in [3.63, 3.8) is 0 Å². The van der Waals surface area contributed by atoms with Gasteiger partial charge >= 0.3 is 5.69 Å². The monoisotopic (exact) mass is 500 g/mol. The highest BCUT2D eigenvalue weighted by Crippen LogP contribution is 2.39. The number of hydrogen-bond donors (Lipinski definition) is 0. The zero-order valence-electron chi connectivity index (χ0n) is 22.2. The molecule has 1 aromatic carbocycles. The largest absolute Gasteiger partial charge is 0.497 e. The standard InChI is InChI=1S/C27H40N2O5Si/c1-9-10-21-15-24(34-23(21)18-33-35(7,8)27(3,4)5)28-16-19(2)25(30)29(26(28)31)17-20-11-13-22(32-6)14-12-20/h9,11-14,16,21,23-24H,1,10,15,17-18H2,2-8H3/t21-,23+,24+/m0/s1. The molecule has 0 aliphatic carbocycles. The highest BCUT2D eigenvalue weighted by atomic mass is 28.4. The lowest BCUT2D eigenvalue weighted by molar-refractivity contribution is -0.0304. The van der Waals surface area contributed by atoms with Crippen molar-refractivity contribution in [1.29, 1.82) is 0 Å². The summed E-state index contributed by atoms with van der Waals surface area (Å²) >= 11 is 0. The van der Waals surface area contributed by atoms with Gasteiger partial charge in [-0.05, 0) is 61.5 Å². The first-order valence-corrected chi connectivity index (χ1v) is 15.1. The van der Waals surface area contributed by atoms with Crippen LogP contribution in [0.1, 0.15) is 51.0 Å². The third kappa shape index (κ3) is 6.05. The lowest BCUT2D eigenvalue weighted by Crippen LogP contribution is -2.43. The predicted molar refractivity (Wildman–Crippen MR) is 142 cm³/mol. The van der Waals surface area contributed by atoms with E-state index in [1.165, 1.54) is 4.57 Å². The minimum absolute atomic E-state index is 0.101. The number of methoxy groups -OCH3 is 1. The molecule has 0 bridgehead atoms. The van der Waals surface area contributed by atoms with Crippen LogP contribution in [0.25, 0.3) is 0 Å². The number of nitrogens with zero attached hydrogens (tertiary/aromatic N) is 2. The molecule has 3 atom stereocenters. The van der Waals surface area contributed by atoms with Crippen LogP contribution in [0.3, 0.4) is 0 Å². The molecule has 1 saturated heterocycles. The predicted octanol–water partition coefficient (Wildman–Crippen LogP) is 4.88. The van der Waals surface area contributed by atoms with Crippen LogP contribution in [-0.4, -0.2) is 37.3 Å². The van der Waals surface area contributed by atoms with Crippen LogP contribution in [-0.2, 0) is 15.7 Å². The average Bonchev–Trinajstić information content (AvgIpc) is 3.20. The SMILES string of the molecule is C=CC[C@H]1C[C@H](n2cc(C)c(=O)n(Cc3ccc(OC)cc3)c2=O)O[C@@H]1CO[Si](C)(C)C(C)(C)C. The molecule has 0 radical (unpaired) electrons. The molecule has 192 valence electrons. The zero-order chi connectivity index (χ0) is 26.0. The summed E-state index contributed by atoms with van der Waals surface area (Å²) < 4.78 is 20.9. The van der Waals surface area contributed by atoms with Crippen molar-refractivity contribution < 1.29 is 13.9 Å². The van der Waals surface area contributed by atoms with Gasteiger partial charge in [0.05, 0.1) is 26.4 Å². The maximum Gasteiger partial charge on any atom is 0.333 e. The smallest absolute Gasteiger partial charge is 0.333 e. The molecule has 8 heteroatoms. The summed E-state index contributed by atoms with van der Waals surface area (Å²) in [4.78, 5) is 26.3. The number of allylic oxidation sites excluding steroid dienone is 1. The summed E-state index contributed by atoms with van der Waals surface area (Å²) in [5.74, 6) is 0.915. The molecule has 35 heavy (non-hydrogen) atoms. The van der Waals surface area contributed by atoms with Gasteiger partial charge in [-0.2, -0.15) is 0 Å². The van der Waals surface area contributed by atoms with Gasteiger partial charge in [-0.15, -0.1) is 6.58 Å². The molecular formula is C27H40N2O5Si. The molecular weight excluding hydrogens is 460 g/mol. The Morgan fingerprint density at radius 1 is 1.20 bits per heavy atom. The Bertz CT molecular complexity index is 1140. The number of aryl methyl sites for hydroxylation is 1. The van der Waals surface area contributed by atoms with E-state index < -0.39 is 14.5 Å². The molecule has 3 rings (SSSR count). The summed E-state index contributed by atoms with van der Waals surface area (Å²) in [6, 6.07) is 7.36. The average molecular weight is 501 g/mol. The van der Waals surface area contributed by atoms with E-state index in [-0.39, 0.29) is 34.9 Å². The van der Waals surface area contributed by atoms with Gasteiger partial charge in [0.15, 0.2) is 8.32 Å². The second-order valence-corrected chi connectivity index (χ2v) is 15.8. The van der Waals surface area contributed by atoms with Gasteiger partial charge < -0.3 is 13.9 Å². The Morgan fingerprint density at radius 3 is 2.43 bits per heavy atom. The molecule has 2 aromatic rings. The Morgan fingerprint density at radius 2 is 1.86 bits per heavy atom. The Labute approximate surface area is 209 Å². The van der Waals surface area contributed by atoms with Gasteiger partial charge in [-0.1, -0.05) is 39.0 Å². The van der Waals surface area contributed by atoms with Gasteiger partial charge in [0.1, 0.15) is 12.0 Å². The van der Waals surface area contributed by atoms with Gasteiger partial charge in [0.2, 0.25) is 0 Å². The van der Waals surface area contributed by atoms with Crippen LogP contribution in [0, 0.1) is 12.8 Å². The third-order valence-electron chi connectivity index (χ3n) is 7.42. The van der Waals surface area contributed by atoms with E-state index in [4.69, 9.17) is 13.9 Å². The van der Waals surface area contributed by atoms with Crippen molar-refractivity contribution >= 4 is 8.32 Å². The van der Waals surface area contributed by atoms with Crippen molar-refractivity contribution in [1.82, 2.24) is 9.13 Å². The summed E-state index contributed by atoms with van der Waals surface area (Å²) in [6.45, 7) is 17.4. The number of hydrogen-bond acceptors (Lipinski definition) is 5. The highest BCUT2D eigenvalue weighted by molar-refractivity contribution is 6.74. The van der Waals surface area contributed by atoms with E-state index in [0.717, 1.165) is 17.7 Å². The number of aromatic nitrogens is 2. The van der Waals surface area contributed by atoms with Gasteiger partial charge in [-0.25, -0.2) is 4.79 Å². The Balaban J connectivity index is 1.87. The molecule has 0 amide bonds. The fourth-order valence-corrected chi connectivity index (χ4v) is 5.13. The molecule has 1 aliphatic heterocycles. The van der Waals surface area contributed by atoms with E-state index in [1.807, 2.05) is 30.3 Å². The Hall–Kier alpha value is -2.42. The molecule has 0 unspecified atom stereocenters. The summed E-state index contributed by atoms with van der Waals surface area (Å²) in [5, 5.41) is 0.101. The van der Waals surface area contributed by atoms with E-state index in [9.17, 15) is 9.59 Å². The number of ether oxygens (including phenoxy) is 2. The normalized spacial score (nSPS) is 20.7. The van der Waals surface area contributed by atoms with Crippen LogP contribution >= 0.6 is 0 Å². The van der Waals surface area contributed by atoms with Gasteiger partial charge in [0.25, 0.3) is 5.56 Å². The van der Waals surface area contributed by atoms with Crippen molar-refractivity contribution in [3.05, 3.63) is 75.1 Å². The van der Waals surface area contributed by atoms with Crippen molar-refractivity contribution in [2.24, 2.45) is 5.92 Å². The lowest BCUT2D eigenvalue weighted by atomic mass is 9.97. The minimum Gasteiger partial charge on any atom is -0.497 e.